The SMILES string of the molecule is c1ccc(P(c2ccccc2)c2ccc3ccccc3c2C23OC2C2OC2c2ccccc23)cc1. The van der Waals surface area contributed by atoms with Crippen LogP contribution in [-0.4, -0.2) is 12.2 Å². The summed E-state index contributed by atoms with van der Waals surface area (Å²) in [6, 6.07) is 44.1. The van der Waals surface area contributed by atoms with Crippen molar-refractivity contribution in [2.24, 2.45) is 0 Å². The van der Waals surface area contributed by atoms with E-state index < -0.39 is 13.5 Å². The molecule has 168 valence electrons. The van der Waals surface area contributed by atoms with Crippen molar-refractivity contribution in [1.82, 2.24) is 0 Å². The second kappa shape index (κ2) is 7.35. The smallest absolute Gasteiger partial charge is 0.149 e. The zero-order valence-corrected chi connectivity index (χ0v) is 19.9. The molecule has 0 amide bonds. The molecule has 4 unspecified atom stereocenters. The average Bonchev–Trinajstić information content (AvgIpc) is 3.84. The lowest BCUT2D eigenvalue weighted by Crippen LogP contribution is -2.32. The summed E-state index contributed by atoms with van der Waals surface area (Å²) in [5.74, 6) is 0. The van der Waals surface area contributed by atoms with Crippen molar-refractivity contribution >= 4 is 34.6 Å². The largest absolute Gasteiger partial charge is 0.362 e. The summed E-state index contributed by atoms with van der Waals surface area (Å²) < 4.78 is 13.0. The van der Waals surface area contributed by atoms with Crippen LogP contribution in [0.1, 0.15) is 22.8 Å². The summed E-state index contributed by atoms with van der Waals surface area (Å²) in [7, 11) is -0.781. The van der Waals surface area contributed by atoms with Gasteiger partial charge in [0.15, 0.2) is 0 Å². The van der Waals surface area contributed by atoms with Gasteiger partial charge in [0.2, 0.25) is 0 Å². The van der Waals surface area contributed by atoms with Crippen molar-refractivity contribution in [1.29, 1.82) is 0 Å². The van der Waals surface area contributed by atoms with Crippen molar-refractivity contribution in [2.45, 2.75) is 23.9 Å². The number of epoxide rings is 2. The van der Waals surface area contributed by atoms with Gasteiger partial charge < -0.3 is 9.47 Å². The highest BCUT2D eigenvalue weighted by atomic mass is 31.1. The molecule has 5 aromatic carbocycles. The molecule has 0 radical (unpaired) electrons. The van der Waals surface area contributed by atoms with Gasteiger partial charge in [-0.25, -0.2) is 0 Å². The van der Waals surface area contributed by atoms with Crippen LogP contribution in [0.15, 0.2) is 121 Å². The predicted octanol–water partition coefficient (Wildman–Crippen LogP) is 5.69. The molecule has 2 fully saturated rings. The fraction of sp³-hybridized carbons (Fsp3) is 0.125. The van der Waals surface area contributed by atoms with E-state index in [1.54, 1.807) is 0 Å². The molecule has 4 atom stereocenters. The zero-order valence-electron chi connectivity index (χ0n) is 19.0. The summed E-state index contributed by atoms with van der Waals surface area (Å²) in [6.45, 7) is 0. The van der Waals surface area contributed by atoms with E-state index in [0.717, 1.165) is 0 Å². The van der Waals surface area contributed by atoms with Crippen molar-refractivity contribution in [2.75, 3.05) is 0 Å². The van der Waals surface area contributed by atoms with Gasteiger partial charge in [-0.15, -0.1) is 0 Å². The quantitative estimate of drug-likeness (QED) is 0.249. The van der Waals surface area contributed by atoms with E-state index in [2.05, 4.69) is 121 Å². The van der Waals surface area contributed by atoms with Crippen LogP contribution in [0.5, 0.6) is 0 Å². The molecule has 3 aliphatic rings. The first-order chi connectivity index (χ1) is 17.4. The summed E-state index contributed by atoms with van der Waals surface area (Å²) in [6.07, 6.45) is 0.391. The second-order valence-electron chi connectivity index (χ2n) is 9.57. The van der Waals surface area contributed by atoms with E-state index in [4.69, 9.17) is 9.47 Å². The number of hydrogen-bond acceptors (Lipinski definition) is 2. The maximum Gasteiger partial charge on any atom is 0.149 e. The third-order valence-electron chi connectivity index (χ3n) is 7.70. The minimum Gasteiger partial charge on any atom is -0.362 e. The van der Waals surface area contributed by atoms with Crippen LogP contribution in [0.3, 0.4) is 0 Å². The van der Waals surface area contributed by atoms with E-state index in [0.29, 0.717) is 0 Å². The highest BCUT2D eigenvalue weighted by molar-refractivity contribution is 7.80. The van der Waals surface area contributed by atoms with Gasteiger partial charge in [-0.3, -0.25) is 0 Å². The Morgan fingerprint density at radius 1 is 0.629 bits per heavy atom. The van der Waals surface area contributed by atoms with E-state index in [9.17, 15) is 0 Å². The Morgan fingerprint density at radius 3 is 2.06 bits per heavy atom. The monoisotopic (exact) mass is 470 g/mol. The highest BCUT2D eigenvalue weighted by Crippen LogP contribution is 2.67. The molecule has 0 aromatic heterocycles. The van der Waals surface area contributed by atoms with Gasteiger partial charge in [-0.2, -0.15) is 0 Å². The molecular weight excluding hydrogens is 447 g/mol. The van der Waals surface area contributed by atoms with Crippen molar-refractivity contribution < 1.29 is 9.47 Å². The Bertz CT molecular complexity index is 1540. The summed E-state index contributed by atoms with van der Waals surface area (Å²) in [5.41, 5.74) is 3.42. The lowest BCUT2D eigenvalue weighted by Gasteiger charge is -2.28. The van der Waals surface area contributed by atoms with Crippen molar-refractivity contribution in [3.8, 4) is 0 Å². The van der Waals surface area contributed by atoms with Crippen LogP contribution in [0.25, 0.3) is 10.8 Å². The Kier molecular flexibility index (Phi) is 4.19. The third kappa shape index (κ3) is 2.82. The Hall–Kier alpha value is -3.29. The van der Waals surface area contributed by atoms with Crippen LogP contribution in [0.2, 0.25) is 0 Å². The van der Waals surface area contributed by atoms with E-state index in [1.807, 2.05) is 0 Å². The lowest BCUT2D eigenvalue weighted by atomic mass is 9.77. The normalized spacial score (nSPS) is 25.6. The van der Waals surface area contributed by atoms with Gasteiger partial charge in [0.05, 0.1) is 0 Å². The fourth-order valence-electron chi connectivity index (χ4n) is 6.12. The van der Waals surface area contributed by atoms with Gasteiger partial charge in [-0.1, -0.05) is 121 Å². The standard InChI is InChI=1S/C32H23O2P/c1-3-12-22(13-4-1)35(23-14-5-2-6-15-23)27-20-19-21-11-7-8-16-24(21)28(27)32-26-18-10-9-17-25(26)29-30(33-29)31(32)34-32/h1-20,29-31H. The van der Waals surface area contributed by atoms with E-state index >= 15 is 0 Å². The molecule has 2 heterocycles. The van der Waals surface area contributed by atoms with E-state index in [1.165, 1.54) is 43.4 Å². The molecule has 2 nitrogen and oxygen atoms in total. The topological polar surface area (TPSA) is 25.1 Å². The predicted molar refractivity (Wildman–Crippen MR) is 142 cm³/mol. The maximum absolute atomic E-state index is 6.79. The van der Waals surface area contributed by atoms with Gasteiger partial charge in [-0.05, 0) is 45.7 Å². The Labute approximate surface area is 205 Å². The fourth-order valence-corrected chi connectivity index (χ4v) is 8.65. The minimum absolute atomic E-state index is 0.0651. The average molecular weight is 471 g/mol. The van der Waals surface area contributed by atoms with Gasteiger partial charge in [0.25, 0.3) is 0 Å². The molecule has 3 heteroatoms. The molecule has 0 bridgehead atoms. The summed E-state index contributed by atoms with van der Waals surface area (Å²) >= 11 is 0. The molecule has 2 aliphatic heterocycles. The Morgan fingerprint density at radius 2 is 1.29 bits per heavy atom. The van der Waals surface area contributed by atoms with Gasteiger partial charge >= 0.3 is 0 Å². The number of fused-ring (bicyclic) bond motifs is 7. The molecule has 5 aromatic rings. The first-order valence-electron chi connectivity index (χ1n) is 12.2. The van der Waals surface area contributed by atoms with Crippen molar-refractivity contribution in [3.05, 3.63) is 138 Å². The Balaban J connectivity index is 1.46. The number of rotatable bonds is 4. The molecule has 0 spiro atoms. The minimum atomic E-state index is -0.781. The van der Waals surface area contributed by atoms with Gasteiger partial charge in [0, 0.05) is 5.56 Å². The molecule has 0 N–H and O–H groups in total. The van der Waals surface area contributed by atoms with Gasteiger partial charge in [0.1, 0.15) is 23.9 Å². The van der Waals surface area contributed by atoms with Crippen LogP contribution in [-0.2, 0) is 15.1 Å². The molecule has 8 rings (SSSR count). The molecular formula is C32H23O2P. The first-order valence-corrected chi connectivity index (χ1v) is 13.6. The number of benzene rings is 5. The van der Waals surface area contributed by atoms with E-state index in [-0.39, 0.29) is 18.3 Å². The molecule has 0 saturated carbocycles. The van der Waals surface area contributed by atoms with Crippen LogP contribution in [0.4, 0.5) is 0 Å². The summed E-state index contributed by atoms with van der Waals surface area (Å²) in [4.78, 5) is 0. The van der Waals surface area contributed by atoms with Crippen LogP contribution < -0.4 is 15.9 Å². The summed E-state index contributed by atoms with van der Waals surface area (Å²) in [5, 5.41) is 6.60. The van der Waals surface area contributed by atoms with Crippen LogP contribution >= 0.6 is 7.92 Å². The van der Waals surface area contributed by atoms with Crippen molar-refractivity contribution in [3.63, 3.8) is 0 Å². The maximum atomic E-state index is 6.79. The lowest BCUT2D eigenvalue weighted by molar-refractivity contribution is 0.288. The number of hydrogen-bond donors (Lipinski definition) is 0. The second-order valence-corrected chi connectivity index (χ2v) is 11.8. The zero-order chi connectivity index (χ0) is 23.0. The molecule has 2 saturated heterocycles. The highest BCUT2D eigenvalue weighted by Gasteiger charge is 2.74. The number of ether oxygens (including phenoxy) is 2. The first kappa shape index (κ1) is 20.0. The molecule has 1 aliphatic carbocycles. The van der Waals surface area contributed by atoms with Crippen LogP contribution in [0, 0.1) is 0 Å². The third-order valence-corrected chi connectivity index (χ3v) is 10.2. The molecule has 35 heavy (non-hydrogen) atoms.